The van der Waals surface area contributed by atoms with Gasteiger partial charge in [0.25, 0.3) is 0 Å². The van der Waals surface area contributed by atoms with Crippen molar-refractivity contribution in [3.8, 4) is 11.5 Å². The Labute approximate surface area is 116 Å². The molecule has 1 aromatic carbocycles. The monoisotopic (exact) mass is 280 g/mol. The van der Waals surface area contributed by atoms with Crippen molar-refractivity contribution in [2.45, 2.75) is 33.6 Å². The highest BCUT2D eigenvalue weighted by atomic mass is 16.6. The van der Waals surface area contributed by atoms with Gasteiger partial charge in [-0.05, 0) is 12.0 Å². The van der Waals surface area contributed by atoms with Gasteiger partial charge in [0.05, 0.1) is 0 Å². The van der Waals surface area contributed by atoms with E-state index in [9.17, 15) is 14.4 Å². The predicted octanol–water partition coefficient (Wildman–Crippen LogP) is 2.36. The van der Waals surface area contributed by atoms with E-state index in [-0.39, 0.29) is 23.0 Å². The Morgan fingerprint density at radius 2 is 1.50 bits per heavy atom. The van der Waals surface area contributed by atoms with Crippen LogP contribution in [-0.2, 0) is 9.59 Å². The lowest BCUT2D eigenvalue weighted by Gasteiger charge is -2.17. The van der Waals surface area contributed by atoms with Gasteiger partial charge in [0.15, 0.2) is 11.5 Å². The van der Waals surface area contributed by atoms with E-state index in [1.54, 1.807) is 6.07 Å². The predicted molar refractivity (Wildman–Crippen MR) is 70.1 cm³/mol. The molecule has 1 rings (SSSR count). The lowest BCUT2D eigenvalue weighted by Crippen LogP contribution is -2.13. The van der Waals surface area contributed by atoms with Crippen molar-refractivity contribution in [3.05, 3.63) is 23.3 Å². The molecule has 0 heterocycles. The zero-order valence-corrected chi connectivity index (χ0v) is 11.7. The van der Waals surface area contributed by atoms with E-state index in [2.05, 4.69) is 0 Å². The number of carbonyl (C=O) groups is 3. The molecular formula is C14H16O6. The van der Waals surface area contributed by atoms with Crippen molar-refractivity contribution in [2.75, 3.05) is 0 Å². The number of carboxylic acid groups (broad SMARTS) is 1. The molecule has 1 aromatic rings. The molecule has 0 aliphatic carbocycles. The summed E-state index contributed by atoms with van der Waals surface area (Å²) in [5, 5.41) is 9.13. The molecule has 1 N–H and O–H groups in total. The molecule has 0 aliphatic heterocycles. The van der Waals surface area contributed by atoms with Crippen molar-refractivity contribution < 1.29 is 29.0 Å². The summed E-state index contributed by atoms with van der Waals surface area (Å²) in [6.07, 6.45) is 0. The maximum absolute atomic E-state index is 11.2. The molecule has 6 nitrogen and oxygen atoms in total. The van der Waals surface area contributed by atoms with Gasteiger partial charge < -0.3 is 14.6 Å². The van der Waals surface area contributed by atoms with Crippen molar-refractivity contribution in [2.24, 2.45) is 0 Å². The maximum Gasteiger partial charge on any atom is 0.339 e. The highest BCUT2D eigenvalue weighted by molar-refractivity contribution is 5.94. The second-order valence-corrected chi connectivity index (χ2v) is 4.51. The number of rotatable bonds is 4. The van der Waals surface area contributed by atoms with Gasteiger partial charge in [-0.15, -0.1) is 0 Å². The van der Waals surface area contributed by atoms with Gasteiger partial charge in [-0.3, -0.25) is 9.59 Å². The SMILES string of the molecule is CC(=O)Oc1c(C(=O)O)ccc(C(C)C)c1OC(C)=O. The number of carboxylic acids is 1. The molecule has 0 aliphatic rings. The first-order valence-corrected chi connectivity index (χ1v) is 6.01. The highest BCUT2D eigenvalue weighted by Gasteiger charge is 2.24. The molecule has 0 amide bonds. The van der Waals surface area contributed by atoms with Crippen LogP contribution in [0, 0.1) is 0 Å². The third-order valence-corrected chi connectivity index (χ3v) is 2.49. The molecule has 0 atom stereocenters. The minimum atomic E-state index is -1.27. The third kappa shape index (κ3) is 3.57. The number of aromatic carboxylic acids is 1. The second kappa shape index (κ2) is 6.18. The molecule has 0 radical (unpaired) electrons. The molecule has 0 saturated carbocycles. The van der Waals surface area contributed by atoms with E-state index in [1.165, 1.54) is 13.0 Å². The van der Waals surface area contributed by atoms with E-state index in [0.29, 0.717) is 5.56 Å². The Hall–Kier alpha value is -2.37. The smallest absolute Gasteiger partial charge is 0.339 e. The van der Waals surface area contributed by atoms with Crippen LogP contribution in [0.2, 0.25) is 0 Å². The molecule has 0 unspecified atom stereocenters. The first-order valence-electron chi connectivity index (χ1n) is 6.01. The van der Waals surface area contributed by atoms with Crippen LogP contribution >= 0.6 is 0 Å². The summed E-state index contributed by atoms with van der Waals surface area (Å²) in [7, 11) is 0. The second-order valence-electron chi connectivity index (χ2n) is 4.51. The molecule has 0 bridgehead atoms. The van der Waals surface area contributed by atoms with Gasteiger partial charge in [-0.1, -0.05) is 19.9 Å². The Morgan fingerprint density at radius 1 is 1.00 bits per heavy atom. The molecular weight excluding hydrogens is 264 g/mol. The highest BCUT2D eigenvalue weighted by Crippen LogP contribution is 2.39. The Bertz CT molecular complexity index is 559. The average molecular weight is 280 g/mol. The first-order chi connectivity index (χ1) is 9.23. The Balaban J connectivity index is 3.57. The number of ether oxygens (including phenoxy) is 2. The topological polar surface area (TPSA) is 89.9 Å². The summed E-state index contributed by atoms with van der Waals surface area (Å²) in [4.78, 5) is 33.5. The number of carbonyl (C=O) groups excluding carboxylic acids is 2. The van der Waals surface area contributed by atoms with Gasteiger partial charge in [0.1, 0.15) is 5.56 Å². The van der Waals surface area contributed by atoms with Crippen LogP contribution in [0.15, 0.2) is 12.1 Å². The van der Waals surface area contributed by atoms with Crippen molar-refractivity contribution in [3.63, 3.8) is 0 Å². The zero-order valence-electron chi connectivity index (χ0n) is 11.7. The largest absolute Gasteiger partial charge is 0.478 e. The summed E-state index contributed by atoms with van der Waals surface area (Å²) in [5.74, 6) is -2.90. The minimum absolute atomic E-state index is 0.0254. The van der Waals surface area contributed by atoms with E-state index in [4.69, 9.17) is 14.6 Å². The van der Waals surface area contributed by atoms with Gasteiger partial charge in [0, 0.05) is 19.4 Å². The van der Waals surface area contributed by atoms with E-state index < -0.39 is 17.9 Å². The van der Waals surface area contributed by atoms with E-state index in [0.717, 1.165) is 6.92 Å². The van der Waals surface area contributed by atoms with E-state index >= 15 is 0 Å². The fraction of sp³-hybridized carbons (Fsp3) is 0.357. The average Bonchev–Trinajstić information content (AvgIpc) is 2.28. The molecule has 0 saturated heterocycles. The van der Waals surface area contributed by atoms with Crippen molar-refractivity contribution in [1.29, 1.82) is 0 Å². The van der Waals surface area contributed by atoms with Crippen LogP contribution in [-0.4, -0.2) is 23.0 Å². The third-order valence-electron chi connectivity index (χ3n) is 2.49. The fourth-order valence-corrected chi connectivity index (χ4v) is 1.70. The minimum Gasteiger partial charge on any atom is -0.478 e. The summed E-state index contributed by atoms with van der Waals surface area (Å²) in [5.41, 5.74) is 0.349. The van der Waals surface area contributed by atoms with Gasteiger partial charge in [-0.2, -0.15) is 0 Å². The van der Waals surface area contributed by atoms with Crippen LogP contribution in [0.3, 0.4) is 0 Å². The standard InChI is InChI=1S/C14H16O6/c1-7(2)10-5-6-11(14(17)18)13(20-9(4)16)12(10)19-8(3)15/h5-7H,1-4H3,(H,17,18). The fourth-order valence-electron chi connectivity index (χ4n) is 1.70. The van der Waals surface area contributed by atoms with Crippen LogP contribution < -0.4 is 9.47 Å². The van der Waals surface area contributed by atoms with Gasteiger partial charge >= 0.3 is 17.9 Å². The molecule has 20 heavy (non-hydrogen) atoms. The van der Waals surface area contributed by atoms with Crippen LogP contribution in [0.4, 0.5) is 0 Å². The van der Waals surface area contributed by atoms with Crippen LogP contribution in [0.5, 0.6) is 11.5 Å². The van der Waals surface area contributed by atoms with Crippen molar-refractivity contribution >= 4 is 17.9 Å². The number of benzene rings is 1. The molecule has 0 spiro atoms. The summed E-state index contributed by atoms with van der Waals surface area (Å²) >= 11 is 0. The normalized spacial score (nSPS) is 10.2. The lowest BCUT2D eigenvalue weighted by molar-refractivity contribution is -0.134. The van der Waals surface area contributed by atoms with Gasteiger partial charge in [-0.25, -0.2) is 4.79 Å². The van der Waals surface area contributed by atoms with Crippen LogP contribution in [0.1, 0.15) is 49.5 Å². The van der Waals surface area contributed by atoms with E-state index in [1.807, 2.05) is 13.8 Å². The quantitative estimate of drug-likeness (QED) is 0.672. The first kappa shape index (κ1) is 15.7. The summed E-state index contributed by atoms with van der Waals surface area (Å²) in [6, 6.07) is 2.86. The number of hydrogen-bond acceptors (Lipinski definition) is 5. The number of hydrogen-bond donors (Lipinski definition) is 1. The summed E-state index contributed by atoms with van der Waals surface area (Å²) < 4.78 is 9.98. The lowest BCUT2D eigenvalue weighted by atomic mass is 9.99. The zero-order chi connectivity index (χ0) is 15.4. The molecule has 0 fully saturated rings. The van der Waals surface area contributed by atoms with Crippen LogP contribution in [0.25, 0.3) is 0 Å². The molecule has 6 heteroatoms. The number of esters is 2. The summed E-state index contributed by atoms with van der Waals surface area (Å²) in [6.45, 7) is 6.03. The Morgan fingerprint density at radius 3 is 1.90 bits per heavy atom. The van der Waals surface area contributed by atoms with Crippen molar-refractivity contribution in [1.82, 2.24) is 0 Å². The molecule has 108 valence electrons. The maximum atomic E-state index is 11.2. The van der Waals surface area contributed by atoms with Gasteiger partial charge in [0.2, 0.25) is 0 Å². The Kier molecular flexibility index (Phi) is 4.85. The molecule has 0 aromatic heterocycles.